The molecule has 0 unspecified atom stereocenters. The molecule has 0 heterocycles. The molecule has 192 valence electrons. The van der Waals surface area contributed by atoms with Crippen LogP contribution < -0.4 is 14.4 Å². The van der Waals surface area contributed by atoms with Crippen LogP contribution in [0.4, 0.5) is 5.69 Å². The third-order valence-corrected chi connectivity index (χ3v) is 6.95. The molecule has 0 bridgehead atoms. The first-order valence-corrected chi connectivity index (χ1v) is 13.6. The highest BCUT2D eigenvalue weighted by Gasteiger charge is 2.32. The van der Waals surface area contributed by atoms with Crippen molar-refractivity contribution in [1.82, 2.24) is 10.2 Å². The average Bonchev–Trinajstić information content (AvgIpc) is 2.81. The summed E-state index contributed by atoms with van der Waals surface area (Å²) >= 11 is 0. The van der Waals surface area contributed by atoms with E-state index in [1.54, 1.807) is 18.2 Å². The largest absolute Gasteiger partial charge is 0.495 e. The van der Waals surface area contributed by atoms with Crippen molar-refractivity contribution >= 4 is 27.5 Å². The molecule has 0 aliphatic carbocycles. The van der Waals surface area contributed by atoms with E-state index in [0.29, 0.717) is 18.7 Å². The Labute approximate surface area is 209 Å². The number of methoxy groups -OCH3 is 1. The van der Waals surface area contributed by atoms with Crippen LogP contribution in [-0.2, 0) is 26.2 Å². The highest BCUT2D eigenvalue weighted by molar-refractivity contribution is 7.92. The average molecular weight is 504 g/mol. The molecule has 35 heavy (non-hydrogen) atoms. The van der Waals surface area contributed by atoms with E-state index in [1.807, 2.05) is 52.0 Å². The predicted molar refractivity (Wildman–Crippen MR) is 139 cm³/mol. The first-order valence-electron chi connectivity index (χ1n) is 11.8. The van der Waals surface area contributed by atoms with E-state index in [-0.39, 0.29) is 18.1 Å². The second-order valence-electron chi connectivity index (χ2n) is 8.61. The minimum atomic E-state index is -3.84. The van der Waals surface area contributed by atoms with Crippen LogP contribution in [-0.4, -0.2) is 57.6 Å². The van der Waals surface area contributed by atoms with Gasteiger partial charge in [0.1, 0.15) is 18.3 Å². The molecule has 8 nitrogen and oxygen atoms in total. The van der Waals surface area contributed by atoms with Gasteiger partial charge in [0.2, 0.25) is 21.8 Å². The predicted octanol–water partition coefficient (Wildman–Crippen LogP) is 3.41. The van der Waals surface area contributed by atoms with Crippen molar-refractivity contribution in [2.75, 3.05) is 30.8 Å². The third kappa shape index (κ3) is 7.45. The molecule has 0 aliphatic heterocycles. The Morgan fingerprint density at radius 2 is 1.77 bits per heavy atom. The fourth-order valence-electron chi connectivity index (χ4n) is 3.85. The van der Waals surface area contributed by atoms with Crippen LogP contribution in [0.3, 0.4) is 0 Å². The SMILES string of the molecule is CCCNC(=O)[C@@H](CC)N(Cc1ccccc1C)C(=O)CN(c1cc(C)ccc1OC)S(C)(=O)=O. The summed E-state index contributed by atoms with van der Waals surface area (Å²) in [5, 5.41) is 2.88. The number of hydrogen-bond acceptors (Lipinski definition) is 5. The highest BCUT2D eigenvalue weighted by atomic mass is 32.2. The molecule has 0 aliphatic rings. The van der Waals surface area contributed by atoms with Gasteiger partial charge in [0.05, 0.1) is 19.1 Å². The molecule has 1 N–H and O–H groups in total. The van der Waals surface area contributed by atoms with E-state index in [1.165, 1.54) is 12.0 Å². The number of rotatable bonds is 12. The van der Waals surface area contributed by atoms with Crippen molar-refractivity contribution in [3.05, 3.63) is 59.2 Å². The van der Waals surface area contributed by atoms with Gasteiger partial charge in [0.25, 0.3) is 0 Å². The lowest BCUT2D eigenvalue weighted by Crippen LogP contribution is -2.52. The van der Waals surface area contributed by atoms with Gasteiger partial charge in [-0.15, -0.1) is 0 Å². The van der Waals surface area contributed by atoms with Gasteiger partial charge in [-0.25, -0.2) is 8.42 Å². The Morgan fingerprint density at radius 3 is 2.34 bits per heavy atom. The zero-order valence-electron chi connectivity index (χ0n) is 21.5. The van der Waals surface area contributed by atoms with Crippen molar-refractivity contribution in [2.45, 2.75) is 53.1 Å². The number of nitrogens with zero attached hydrogens (tertiary/aromatic N) is 2. The van der Waals surface area contributed by atoms with Gasteiger partial charge in [-0.05, 0) is 55.5 Å². The molecule has 1 atom stereocenters. The molecule has 2 amide bonds. The number of ether oxygens (including phenoxy) is 1. The number of sulfonamides is 1. The Morgan fingerprint density at radius 1 is 1.09 bits per heavy atom. The fraction of sp³-hybridized carbons (Fsp3) is 0.462. The number of benzene rings is 2. The van der Waals surface area contributed by atoms with Crippen LogP contribution >= 0.6 is 0 Å². The van der Waals surface area contributed by atoms with Crippen molar-refractivity contribution in [3.63, 3.8) is 0 Å². The van der Waals surface area contributed by atoms with E-state index < -0.39 is 28.5 Å². The van der Waals surface area contributed by atoms with Gasteiger partial charge in [-0.1, -0.05) is 44.2 Å². The molecular formula is C26H37N3O5S. The lowest BCUT2D eigenvalue weighted by atomic mass is 10.1. The zero-order valence-corrected chi connectivity index (χ0v) is 22.3. The van der Waals surface area contributed by atoms with Crippen LogP contribution in [0.5, 0.6) is 5.75 Å². The van der Waals surface area contributed by atoms with E-state index in [2.05, 4.69) is 5.32 Å². The van der Waals surface area contributed by atoms with Gasteiger partial charge in [-0.3, -0.25) is 13.9 Å². The second kappa shape index (κ2) is 12.6. The standard InChI is InChI=1S/C26H37N3O5S/c1-7-15-27-26(31)22(8-2)28(17-21-12-10-9-11-20(21)4)25(30)18-29(35(6,32)33)23-16-19(3)13-14-24(23)34-5/h9-14,16,22H,7-8,15,17-18H2,1-6H3,(H,27,31)/t22-/m1/s1. The van der Waals surface area contributed by atoms with Crippen LogP contribution in [0, 0.1) is 13.8 Å². The van der Waals surface area contributed by atoms with Crippen LogP contribution in [0.2, 0.25) is 0 Å². The molecular weight excluding hydrogens is 466 g/mol. The maximum absolute atomic E-state index is 13.8. The molecule has 0 aromatic heterocycles. The van der Waals surface area contributed by atoms with Gasteiger partial charge in [0.15, 0.2) is 0 Å². The minimum Gasteiger partial charge on any atom is -0.495 e. The smallest absolute Gasteiger partial charge is 0.244 e. The van der Waals surface area contributed by atoms with Gasteiger partial charge in [0, 0.05) is 13.1 Å². The van der Waals surface area contributed by atoms with Gasteiger partial charge >= 0.3 is 0 Å². The molecule has 2 rings (SSSR count). The fourth-order valence-corrected chi connectivity index (χ4v) is 4.69. The first kappa shape index (κ1) is 28.2. The summed E-state index contributed by atoms with van der Waals surface area (Å²) in [6.45, 7) is 7.80. The number of amides is 2. The minimum absolute atomic E-state index is 0.187. The second-order valence-corrected chi connectivity index (χ2v) is 10.5. The van der Waals surface area contributed by atoms with Crippen molar-refractivity contribution in [3.8, 4) is 5.75 Å². The van der Waals surface area contributed by atoms with E-state index >= 15 is 0 Å². The van der Waals surface area contributed by atoms with Crippen molar-refractivity contribution < 1.29 is 22.7 Å². The number of aryl methyl sites for hydroxylation is 2. The summed E-state index contributed by atoms with van der Waals surface area (Å²) < 4.78 is 32.1. The van der Waals surface area contributed by atoms with E-state index in [9.17, 15) is 18.0 Å². The quantitative estimate of drug-likeness (QED) is 0.479. The lowest BCUT2D eigenvalue weighted by molar-refractivity contribution is -0.140. The Balaban J connectivity index is 2.51. The summed E-state index contributed by atoms with van der Waals surface area (Å²) in [6.07, 6.45) is 2.21. The third-order valence-electron chi connectivity index (χ3n) is 5.82. The van der Waals surface area contributed by atoms with E-state index in [4.69, 9.17) is 4.74 Å². The molecule has 2 aromatic carbocycles. The Kier molecular flexibility index (Phi) is 10.1. The summed E-state index contributed by atoms with van der Waals surface area (Å²) in [6, 6.07) is 12.0. The summed E-state index contributed by atoms with van der Waals surface area (Å²) in [5.41, 5.74) is 2.97. The van der Waals surface area contributed by atoms with Crippen LogP contribution in [0.25, 0.3) is 0 Å². The highest BCUT2D eigenvalue weighted by Crippen LogP contribution is 2.31. The molecule has 0 radical (unpaired) electrons. The molecule has 9 heteroatoms. The molecule has 0 saturated carbocycles. The topological polar surface area (TPSA) is 96.0 Å². The summed E-state index contributed by atoms with van der Waals surface area (Å²) in [7, 11) is -2.39. The van der Waals surface area contributed by atoms with E-state index in [0.717, 1.165) is 33.7 Å². The lowest BCUT2D eigenvalue weighted by Gasteiger charge is -2.33. The number of carbonyl (C=O) groups is 2. The Bertz CT molecular complexity index is 1130. The van der Waals surface area contributed by atoms with Gasteiger partial charge in [-0.2, -0.15) is 0 Å². The number of carbonyl (C=O) groups excluding carboxylic acids is 2. The van der Waals surface area contributed by atoms with Crippen LogP contribution in [0.15, 0.2) is 42.5 Å². The number of hydrogen-bond donors (Lipinski definition) is 1. The molecule has 0 saturated heterocycles. The number of nitrogens with one attached hydrogen (secondary N) is 1. The zero-order chi connectivity index (χ0) is 26.2. The molecule has 0 spiro atoms. The Hall–Kier alpha value is -3.07. The van der Waals surface area contributed by atoms with Crippen molar-refractivity contribution in [1.29, 1.82) is 0 Å². The first-order chi connectivity index (χ1) is 16.5. The van der Waals surface area contributed by atoms with Gasteiger partial charge < -0.3 is 15.0 Å². The summed E-state index contributed by atoms with van der Waals surface area (Å²) in [5.74, 6) is -0.386. The normalized spacial score (nSPS) is 12.1. The number of anilines is 1. The van der Waals surface area contributed by atoms with Crippen LogP contribution in [0.1, 0.15) is 43.4 Å². The maximum atomic E-state index is 13.8. The summed E-state index contributed by atoms with van der Waals surface area (Å²) in [4.78, 5) is 28.2. The molecule has 0 fully saturated rings. The molecule has 2 aromatic rings. The van der Waals surface area contributed by atoms with Crippen molar-refractivity contribution in [2.24, 2.45) is 0 Å². The monoisotopic (exact) mass is 503 g/mol. The maximum Gasteiger partial charge on any atom is 0.244 e.